The Labute approximate surface area is 173 Å². The van der Waals surface area contributed by atoms with Crippen molar-refractivity contribution in [2.24, 2.45) is 16.6 Å². The second kappa shape index (κ2) is 11.3. The van der Waals surface area contributed by atoms with Crippen LogP contribution in [-0.2, 0) is 4.79 Å². The molecular formula is C19H31IN4O2. The lowest BCUT2D eigenvalue weighted by molar-refractivity contribution is -0.119. The maximum absolute atomic E-state index is 11.1. The quantitative estimate of drug-likeness (QED) is 0.287. The Morgan fingerprint density at radius 3 is 2.65 bits per heavy atom. The molecule has 3 N–H and O–H groups in total. The first-order valence-corrected chi connectivity index (χ1v) is 8.93. The number of hydrogen-bond donors (Lipinski definition) is 2. The van der Waals surface area contributed by atoms with Crippen molar-refractivity contribution in [2.75, 3.05) is 33.3 Å². The van der Waals surface area contributed by atoms with Gasteiger partial charge in [-0.2, -0.15) is 0 Å². The van der Waals surface area contributed by atoms with Gasteiger partial charge in [0.1, 0.15) is 12.4 Å². The Balaban J connectivity index is 0.00000338. The Hall–Kier alpha value is -1.51. The summed E-state index contributed by atoms with van der Waals surface area (Å²) >= 11 is 0. The fraction of sp³-hybridized carbons (Fsp3) is 0.579. The third-order valence-electron chi connectivity index (χ3n) is 4.37. The average Bonchev–Trinajstić information content (AvgIpc) is 2.53. The number of piperidine rings is 1. The summed E-state index contributed by atoms with van der Waals surface area (Å²) in [6.07, 6.45) is 2.55. The summed E-state index contributed by atoms with van der Waals surface area (Å²) in [6, 6.07) is 6.22. The van der Waals surface area contributed by atoms with E-state index in [9.17, 15) is 4.79 Å². The van der Waals surface area contributed by atoms with E-state index in [1.165, 1.54) is 11.1 Å². The lowest BCUT2D eigenvalue weighted by atomic mass is 9.95. The lowest BCUT2D eigenvalue weighted by Gasteiger charge is -2.34. The molecule has 1 saturated heterocycles. The molecule has 146 valence electrons. The molecule has 0 spiro atoms. The first-order valence-electron chi connectivity index (χ1n) is 8.93. The summed E-state index contributed by atoms with van der Waals surface area (Å²) < 4.78 is 5.83. The predicted molar refractivity (Wildman–Crippen MR) is 116 cm³/mol. The van der Waals surface area contributed by atoms with Crippen LogP contribution >= 0.6 is 24.0 Å². The van der Waals surface area contributed by atoms with E-state index in [-0.39, 0.29) is 29.9 Å². The molecule has 1 heterocycles. The summed E-state index contributed by atoms with van der Waals surface area (Å²) in [5.41, 5.74) is 7.74. The van der Waals surface area contributed by atoms with Gasteiger partial charge in [0.25, 0.3) is 0 Å². The third-order valence-corrected chi connectivity index (χ3v) is 4.37. The number of rotatable bonds is 6. The molecule has 1 aromatic rings. The fourth-order valence-corrected chi connectivity index (χ4v) is 3.39. The first-order chi connectivity index (χ1) is 12.0. The number of aliphatic imine (C=N–C) groups is 1. The lowest BCUT2D eigenvalue weighted by Crippen LogP contribution is -2.48. The summed E-state index contributed by atoms with van der Waals surface area (Å²) in [4.78, 5) is 17.7. The highest BCUT2D eigenvalue weighted by Crippen LogP contribution is 2.19. The molecule has 1 aromatic carbocycles. The van der Waals surface area contributed by atoms with Crippen molar-refractivity contribution in [3.8, 4) is 5.75 Å². The first kappa shape index (κ1) is 22.5. The largest absolute Gasteiger partial charge is 0.492 e. The number of aryl methyl sites for hydroxylation is 2. The summed E-state index contributed by atoms with van der Waals surface area (Å²) in [6.45, 7) is 7.15. The zero-order chi connectivity index (χ0) is 18.2. The van der Waals surface area contributed by atoms with Crippen LogP contribution in [0.2, 0.25) is 0 Å². The van der Waals surface area contributed by atoms with Gasteiger partial charge >= 0.3 is 0 Å². The van der Waals surface area contributed by atoms with Gasteiger partial charge in [-0.25, -0.2) is 0 Å². The third kappa shape index (κ3) is 7.39. The maximum atomic E-state index is 11.1. The molecule has 6 nitrogen and oxygen atoms in total. The fourth-order valence-electron chi connectivity index (χ4n) is 3.39. The van der Waals surface area contributed by atoms with Crippen LogP contribution in [0.15, 0.2) is 23.2 Å². The molecule has 7 heteroatoms. The van der Waals surface area contributed by atoms with Gasteiger partial charge in [-0.05, 0) is 55.9 Å². The van der Waals surface area contributed by atoms with Gasteiger partial charge in [-0.3, -0.25) is 9.79 Å². The molecule has 26 heavy (non-hydrogen) atoms. The van der Waals surface area contributed by atoms with E-state index in [4.69, 9.17) is 10.5 Å². The zero-order valence-electron chi connectivity index (χ0n) is 16.0. The smallest absolute Gasteiger partial charge is 0.217 e. The molecule has 1 atom stereocenters. The van der Waals surface area contributed by atoms with Crippen molar-refractivity contribution in [1.29, 1.82) is 0 Å². The SMILES string of the molecule is CN=C(NCCOc1cc(C)cc(C)c1)N1CCCC(CC(N)=O)C1.I. The molecule has 1 fully saturated rings. The summed E-state index contributed by atoms with van der Waals surface area (Å²) in [5, 5.41) is 3.35. The molecule has 2 rings (SSSR count). The predicted octanol–water partition coefficient (Wildman–Crippen LogP) is 2.46. The Kier molecular flexibility index (Phi) is 9.75. The minimum absolute atomic E-state index is 0. The van der Waals surface area contributed by atoms with Crippen molar-refractivity contribution in [3.63, 3.8) is 0 Å². The van der Waals surface area contributed by atoms with E-state index in [0.29, 0.717) is 25.5 Å². The number of guanidine groups is 1. The van der Waals surface area contributed by atoms with Crippen molar-refractivity contribution in [2.45, 2.75) is 33.1 Å². The molecule has 1 unspecified atom stereocenters. The number of nitrogens with one attached hydrogen (secondary N) is 1. The van der Waals surface area contributed by atoms with Gasteiger partial charge < -0.3 is 20.7 Å². The molecular weight excluding hydrogens is 443 g/mol. The number of nitrogens with zero attached hydrogens (tertiary/aromatic N) is 2. The molecule has 0 saturated carbocycles. The number of primary amides is 1. The van der Waals surface area contributed by atoms with Crippen LogP contribution in [0.25, 0.3) is 0 Å². The normalized spacial score (nSPS) is 17.4. The van der Waals surface area contributed by atoms with Gasteiger partial charge in [-0.1, -0.05) is 6.07 Å². The van der Waals surface area contributed by atoms with Gasteiger partial charge in [0.2, 0.25) is 5.91 Å². The van der Waals surface area contributed by atoms with Crippen LogP contribution in [-0.4, -0.2) is 50.1 Å². The second-order valence-electron chi connectivity index (χ2n) is 6.77. The number of amides is 1. The van der Waals surface area contributed by atoms with E-state index >= 15 is 0 Å². The number of carbonyl (C=O) groups is 1. The van der Waals surface area contributed by atoms with Crippen LogP contribution in [0, 0.1) is 19.8 Å². The van der Waals surface area contributed by atoms with E-state index < -0.39 is 0 Å². The summed E-state index contributed by atoms with van der Waals surface area (Å²) in [5.74, 6) is 1.85. The highest BCUT2D eigenvalue weighted by Gasteiger charge is 2.23. The van der Waals surface area contributed by atoms with E-state index in [0.717, 1.165) is 37.6 Å². The number of likely N-dealkylation sites (tertiary alicyclic amines) is 1. The van der Waals surface area contributed by atoms with E-state index in [1.54, 1.807) is 7.05 Å². The maximum Gasteiger partial charge on any atom is 0.217 e. The topological polar surface area (TPSA) is 80.0 Å². The number of halogens is 1. The van der Waals surface area contributed by atoms with Crippen LogP contribution in [0.4, 0.5) is 0 Å². The summed E-state index contributed by atoms with van der Waals surface area (Å²) in [7, 11) is 1.78. The molecule has 1 amide bonds. The standard InChI is InChI=1S/C19H30N4O2.HI/c1-14-9-15(2)11-17(10-14)25-8-6-22-19(21-3)23-7-4-5-16(13-23)12-18(20)24;/h9-11,16H,4-8,12-13H2,1-3H3,(H2,20,24)(H,21,22);1H. The van der Waals surface area contributed by atoms with Crippen molar-refractivity contribution in [3.05, 3.63) is 29.3 Å². The number of nitrogens with two attached hydrogens (primary N) is 1. The molecule has 0 radical (unpaired) electrons. The highest BCUT2D eigenvalue weighted by atomic mass is 127. The van der Waals surface area contributed by atoms with Crippen LogP contribution < -0.4 is 15.8 Å². The number of hydrogen-bond acceptors (Lipinski definition) is 3. The van der Waals surface area contributed by atoms with Gasteiger partial charge in [0, 0.05) is 26.6 Å². The molecule has 1 aliphatic rings. The molecule has 0 aromatic heterocycles. The number of benzene rings is 1. The Morgan fingerprint density at radius 2 is 2.04 bits per heavy atom. The van der Waals surface area contributed by atoms with Crippen molar-refractivity contribution >= 4 is 35.8 Å². The molecule has 1 aliphatic heterocycles. The Bertz CT molecular complexity index is 601. The minimum Gasteiger partial charge on any atom is -0.492 e. The van der Waals surface area contributed by atoms with Crippen molar-refractivity contribution in [1.82, 2.24) is 10.2 Å². The number of carbonyl (C=O) groups excluding carboxylic acids is 1. The van der Waals surface area contributed by atoms with Gasteiger partial charge in [-0.15, -0.1) is 24.0 Å². The minimum atomic E-state index is -0.225. The van der Waals surface area contributed by atoms with Gasteiger partial charge in [0.15, 0.2) is 5.96 Å². The zero-order valence-corrected chi connectivity index (χ0v) is 18.3. The monoisotopic (exact) mass is 474 g/mol. The van der Waals surface area contributed by atoms with Crippen LogP contribution in [0.1, 0.15) is 30.4 Å². The molecule has 0 aliphatic carbocycles. The highest BCUT2D eigenvalue weighted by molar-refractivity contribution is 14.0. The van der Waals surface area contributed by atoms with Gasteiger partial charge in [0.05, 0.1) is 6.54 Å². The average molecular weight is 474 g/mol. The van der Waals surface area contributed by atoms with Crippen LogP contribution in [0.5, 0.6) is 5.75 Å². The Morgan fingerprint density at radius 1 is 1.35 bits per heavy atom. The second-order valence-corrected chi connectivity index (χ2v) is 6.77. The van der Waals surface area contributed by atoms with Crippen LogP contribution in [0.3, 0.4) is 0 Å². The van der Waals surface area contributed by atoms with E-state index in [1.807, 2.05) is 12.1 Å². The molecule has 0 bridgehead atoms. The van der Waals surface area contributed by atoms with E-state index in [2.05, 4.69) is 35.1 Å². The number of ether oxygens (including phenoxy) is 1. The van der Waals surface area contributed by atoms with Crippen molar-refractivity contribution < 1.29 is 9.53 Å².